The average Bonchev–Trinajstić information content (AvgIpc) is 2.25. The highest BCUT2D eigenvalue weighted by molar-refractivity contribution is 7.89. The topological polar surface area (TPSA) is 79.0 Å². The highest BCUT2D eigenvalue weighted by atomic mass is 32.2. The predicted octanol–water partition coefficient (Wildman–Crippen LogP) is 1.34. The number of H-pyrrole nitrogens is 1. The van der Waals surface area contributed by atoms with E-state index in [1.54, 1.807) is 0 Å². The van der Waals surface area contributed by atoms with Gasteiger partial charge in [-0.3, -0.25) is 4.79 Å². The molecule has 0 saturated heterocycles. The minimum absolute atomic E-state index is 0.00558. The van der Waals surface area contributed by atoms with Gasteiger partial charge in [-0.05, 0) is 11.3 Å². The first kappa shape index (κ1) is 14.9. The lowest BCUT2D eigenvalue weighted by Gasteiger charge is -2.27. The molecular formula is C12H20N2O3S. The van der Waals surface area contributed by atoms with Gasteiger partial charge >= 0.3 is 0 Å². The number of aromatic nitrogens is 1. The number of hydrogen-bond donors (Lipinski definition) is 2. The van der Waals surface area contributed by atoms with Gasteiger partial charge in [0.15, 0.2) is 0 Å². The summed E-state index contributed by atoms with van der Waals surface area (Å²) >= 11 is 0. The molecule has 1 unspecified atom stereocenters. The van der Waals surface area contributed by atoms with Crippen molar-refractivity contribution in [1.29, 1.82) is 0 Å². The van der Waals surface area contributed by atoms with Crippen molar-refractivity contribution in [3.05, 3.63) is 28.7 Å². The zero-order chi connectivity index (χ0) is 14.0. The number of rotatable bonds is 4. The molecule has 0 bridgehead atoms. The lowest BCUT2D eigenvalue weighted by molar-refractivity contribution is 0.263. The van der Waals surface area contributed by atoms with Crippen LogP contribution in [0.25, 0.3) is 0 Å². The molecule has 0 aromatic carbocycles. The molecule has 0 fully saturated rings. The molecule has 1 aromatic heterocycles. The molecule has 0 spiro atoms. The Hall–Kier alpha value is -1.14. The average molecular weight is 272 g/mol. The maximum atomic E-state index is 12.0. The van der Waals surface area contributed by atoms with E-state index in [0.29, 0.717) is 6.54 Å². The van der Waals surface area contributed by atoms with Crippen LogP contribution in [0, 0.1) is 11.3 Å². The van der Waals surface area contributed by atoms with E-state index in [9.17, 15) is 13.2 Å². The molecule has 1 atom stereocenters. The standard InChI is InChI=1S/C12H20N2O3S/c1-9(12(2,3)4)7-14-18(16,17)11-8-13-6-5-10(11)15/h5-6,8-9,14H,7H2,1-4H3,(H,13,15). The number of aromatic amines is 1. The van der Waals surface area contributed by atoms with Crippen molar-refractivity contribution in [2.45, 2.75) is 32.6 Å². The van der Waals surface area contributed by atoms with Crippen LogP contribution in [0.3, 0.4) is 0 Å². The Morgan fingerprint density at radius 2 is 2.00 bits per heavy atom. The molecular weight excluding hydrogens is 252 g/mol. The minimum atomic E-state index is -3.74. The lowest BCUT2D eigenvalue weighted by Crippen LogP contribution is -2.35. The van der Waals surface area contributed by atoms with Crippen molar-refractivity contribution >= 4 is 10.0 Å². The third-order valence-electron chi connectivity index (χ3n) is 3.14. The zero-order valence-electron chi connectivity index (χ0n) is 11.1. The van der Waals surface area contributed by atoms with Crippen molar-refractivity contribution in [2.24, 2.45) is 11.3 Å². The summed E-state index contributed by atoms with van der Waals surface area (Å²) in [5.74, 6) is 0.162. The predicted molar refractivity (Wildman–Crippen MR) is 70.9 cm³/mol. The molecule has 0 saturated carbocycles. The molecule has 1 aromatic rings. The molecule has 0 aliphatic heterocycles. The summed E-state index contributed by atoms with van der Waals surface area (Å²) in [7, 11) is -3.74. The van der Waals surface area contributed by atoms with Gasteiger partial charge in [0.1, 0.15) is 4.90 Å². The molecule has 1 rings (SSSR count). The highest BCUT2D eigenvalue weighted by Gasteiger charge is 2.23. The summed E-state index contributed by atoms with van der Waals surface area (Å²) in [6.07, 6.45) is 2.60. The van der Waals surface area contributed by atoms with Gasteiger partial charge in [0, 0.05) is 25.0 Å². The number of pyridine rings is 1. The Morgan fingerprint density at radius 3 is 2.50 bits per heavy atom. The molecule has 0 aliphatic rings. The lowest BCUT2D eigenvalue weighted by atomic mass is 9.82. The smallest absolute Gasteiger partial charge is 0.245 e. The Kier molecular flexibility index (Phi) is 4.34. The summed E-state index contributed by atoms with van der Waals surface area (Å²) in [6, 6.07) is 1.20. The molecule has 0 aliphatic carbocycles. The van der Waals surface area contributed by atoms with Gasteiger partial charge < -0.3 is 4.98 Å². The molecule has 0 radical (unpaired) electrons. The summed E-state index contributed by atoms with van der Waals surface area (Å²) in [5.41, 5.74) is -0.504. The summed E-state index contributed by atoms with van der Waals surface area (Å²) in [4.78, 5) is 13.8. The van der Waals surface area contributed by atoms with Crippen LogP contribution < -0.4 is 10.2 Å². The first-order valence-electron chi connectivity index (χ1n) is 5.81. The minimum Gasteiger partial charge on any atom is -0.366 e. The van der Waals surface area contributed by atoms with Crippen LogP contribution in [0.5, 0.6) is 0 Å². The number of hydrogen-bond acceptors (Lipinski definition) is 3. The van der Waals surface area contributed by atoms with Crippen molar-refractivity contribution in [3.8, 4) is 0 Å². The van der Waals surface area contributed by atoms with E-state index in [1.807, 2.05) is 27.7 Å². The van der Waals surface area contributed by atoms with Crippen molar-refractivity contribution in [2.75, 3.05) is 6.54 Å². The Labute approximate surface area is 108 Å². The van der Waals surface area contributed by atoms with E-state index in [4.69, 9.17) is 0 Å². The fourth-order valence-electron chi connectivity index (χ4n) is 1.23. The molecule has 1 heterocycles. The first-order chi connectivity index (χ1) is 8.14. The van der Waals surface area contributed by atoms with E-state index >= 15 is 0 Å². The molecule has 6 heteroatoms. The summed E-state index contributed by atoms with van der Waals surface area (Å²) in [5, 5.41) is 0. The Morgan fingerprint density at radius 1 is 1.39 bits per heavy atom. The van der Waals surface area contributed by atoms with E-state index in [1.165, 1.54) is 18.5 Å². The molecule has 0 amide bonds. The van der Waals surface area contributed by atoms with Gasteiger partial charge in [-0.15, -0.1) is 0 Å². The quantitative estimate of drug-likeness (QED) is 0.868. The van der Waals surface area contributed by atoms with Crippen LogP contribution in [-0.2, 0) is 10.0 Å². The van der Waals surface area contributed by atoms with Crippen molar-refractivity contribution < 1.29 is 8.42 Å². The van der Waals surface area contributed by atoms with Gasteiger partial charge in [0.2, 0.25) is 15.5 Å². The number of nitrogens with one attached hydrogen (secondary N) is 2. The fourth-order valence-corrected chi connectivity index (χ4v) is 2.41. The van der Waals surface area contributed by atoms with E-state index in [0.717, 1.165) is 0 Å². The first-order valence-corrected chi connectivity index (χ1v) is 7.29. The van der Waals surface area contributed by atoms with Crippen molar-refractivity contribution in [1.82, 2.24) is 9.71 Å². The van der Waals surface area contributed by atoms with Gasteiger partial charge in [-0.25, -0.2) is 13.1 Å². The normalized spacial score (nSPS) is 14.4. The summed E-state index contributed by atoms with van der Waals surface area (Å²) in [6.45, 7) is 8.40. The van der Waals surface area contributed by atoms with Gasteiger partial charge in [-0.1, -0.05) is 27.7 Å². The second kappa shape index (κ2) is 5.24. The van der Waals surface area contributed by atoms with Gasteiger partial charge in [0.05, 0.1) is 0 Å². The molecule has 18 heavy (non-hydrogen) atoms. The van der Waals surface area contributed by atoms with Crippen LogP contribution in [0.2, 0.25) is 0 Å². The maximum absolute atomic E-state index is 12.0. The molecule has 5 nitrogen and oxygen atoms in total. The van der Waals surface area contributed by atoms with Crippen LogP contribution in [0.4, 0.5) is 0 Å². The van der Waals surface area contributed by atoms with Gasteiger partial charge in [0.25, 0.3) is 0 Å². The van der Waals surface area contributed by atoms with Crippen LogP contribution in [0.1, 0.15) is 27.7 Å². The number of sulfonamides is 1. The highest BCUT2D eigenvalue weighted by Crippen LogP contribution is 2.24. The Balaban J connectivity index is 2.85. The fraction of sp³-hybridized carbons (Fsp3) is 0.583. The van der Waals surface area contributed by atoms with E-state index < -0.39 is 15.5 Å². The third kappa shape index (κ3) is 3.68. The van der Waals surface area contributed by atoms with Crippen LogP contribution >= 0.6 is 0 Å². The van der Waals surface area contributed by atoms with Gasteiger partial charge in [-0.2, -0.15) is 0 Å². The largest absolute Gasteiger partial charge is 0.366 e. The Bertz CT molecular complexity index is 555. The second-order valence-corrected chi connectivity index (χ2v) is 7.23. The SMILES string of the molecule is CC(CNS(=O)(=O)c1c[nH]ccc1=O)C(C)(C)C. The zero-order valence-corrected chi connectivity index (χ0v) is 12.0. The molecule has 102 valence electrons. The van der Waals surface area contributed by atoms with Crippen LogP contribution in [-0.4, -0.2) is 19.9 Å². The van der Waals surface area contributed by atoms with Crippen molar-refractivity contribution in [3.63, 3.8) is 0 Å². The second-order valence-electron chi connectivity index (χ2n) is 5.49. The third-order valence-corrected chi connectivity index (χ3v) is 4.58. The van der Waals surface area contributed by atoms with E-state index in [-0.39, 0.29) is 16.2 Å². The molecule has 2 N–H and O–H groups in total. The van der Waals surface area contributed by atoms with Crippen LogP contribution in [0.15, 0.2) is 28.2 Å². The maximum Gasteiger partial charge on any atom is 0.245 e. The monoisotopic (exact) mass is 272 g/mol. The van der Waals surface area contributed by atoms with E-state index in [2.05, 4.69) is 9.71 Å². The summed E-state index contributed by atoms with van der Waals surface area (Å²) < 4.78 is 26.4.